The zero-order valence-electron chi connectivity index (χ0n) is 14.6. The summed E-state index contributed by atoms with van der Waals surface area (Å²) in [5, 5.41) is 14.8. The van der Waals surface area contributed by atoms with Crippen LogP contribution in [0.5, 0.6) is 0 Å². The van der Waals surface area contributed by atoms with Gasteiger partial charge in [0.1, 0.15) is 0 Å². The minimum absolute atomic E-state index is 0.0541. The number of hydrogen-bond acceptors (Lipinski definition) is 3. The van der Waals surface area contributed by atoms with Gasteiger partial charge in [0.05, 0.1) is 28.5 Å². The molecule has 1 aromatic heterocycles. The second kappa shape index (κ2) is 7.30. The zero-order chi connectivity index (χ0) is 19.8. The molecule has 3 aromatic rings. The molecular weight excluding hydrogens is 401 g/mol. The van der Waals surface area contributed by atoms with Crippen molar-refractivity contribution in [1.29, 1.82) is 0 Å². The topological polar surface area (TPSA) is 75.4 Å². The van der Waals surface area contributed by atoms with E-state index >= 15 is 0 Å². The van der Waals surface area contributed by atoms with Gasteiger partial charge in [0.15, 0.2) is 5.69 Å². The van der Waals surface area contributed by atoms with Gasteiger partial charge in [0.25, 0.3) is 5.91 Å². The second-order valence-corrected chi connectivity index (χ2v) is 7.27. The number of halogens is 2. The Labute approximate surface area is 170 Å². The average Bonchev–Trinajstić information content (AvgIpc) is 3.07. The van der Waals surface area contributed by atoms with Crippen molar-refractivity contribution in [2.75, 3.05) is 6.54 Å². The summed E-state index contributed by atoms with van der Waals surface area (Å²) < 4.78 is 1.62. The van der Waals surface area contributed by atoms with E-state index in [9.17, 15) is 14.7 Å². The molecule has 0 bridgehead atoms. The Bertz CT molecular complexity index is 1080. The maximum Gasteiger partial charge on any atom is 0.356 e. The van der Waals surface area contributed by atoms with Gasteiger partial charge >= 0.3 is 5.97 Å². The Morgan fingerprint density at radius 2 is 1.75 bits per heavy atom. The van der Waals surface area contributed by atoms with Crippen LogP contribution in [0.3, 0.4) is 0 Å². The van der Waals surface area contributed by atoms with E-state index in [-0.39, 0.29) is 18.1 Å². The van der Waals surface area contributed by atoms with Gasteiger partial charge < -0.3 is 10.0 Å². The fraction of sp³-hybridized carbons (Fsp3) is 0.150. The van der Waals surface area contributed by atoms with Crippen LogP contribution in [-0.4, -0.2) is 38.2 Å². The SMILES string of the molecule is O=C(O)c1nn(-c2ccc(Cl)cc2)c2c1CN(C(=O)c1ccccc1Cl)CC2. The van der Waals surface area contributed by atoms with Crippen LogP contribution in [0, 0.1) is 0 Å². The van der Waals surface area contributed by atoms with E-state index in [1.165, 1.54) is 0 Å². The Morgan fingerprint density at radius 3 is 2.43 bits per heavy atom. The first-order valence-electron chi connectivity index (χ1n) is 8.59. The van der Waals surface area contributed by atoms with Gasteiger partial charge in [-0.15, -0.1) is 0 Å². The maximum atomic E-state index is 12.9. The van der Waals surface area contributed by atoms with E-state index < -0.39 is 5.97 Å². The van der Waals surface area contributed by atoms with Crippen molar-refractivity contribution in [3.05, 3.63) is 81.1 Å². The lowest BCUT2D eigenvalue weighted by molar-refractivity contribution is 0.0674. The average molecular weight is 416 g/mol. The summed E-state index contributed by atoms with van der Waals surface area (Å²) in [6, 6.07) is 13.8. The first-order valence-corrected chi connectivity index (χ1v) is 9.35. The smallest absolute Gasteiger partial charge is 0.356 e. The molecule has 2 heterocycles. The van der Waals surface area contributed by atoms with E-state index in [4.69, 9.17) is 23.2 Å². The number of carboxylic acids is 1. The van der Waals surface area contributed by atoms with Crippen molar-refractivity contribution in [2.24, 2.45) is 0 Å². The molecular formula is C20H15Cl2N3O3. The van der Waals surface area contributed by atoms with E-state index in [0.29, 0.717) is 34.1 Å². The number of benzene rings is 2. The lowest BCUT2D eigenvalue weighted by Crippen LogP contribution is -2.36. The number of carboxylic acid groups (broad SMARTS) is 1. The summed E-state index contributed by atoms with van der Waals surface area (Å²) in [4.78, 5) is 26.2. The quantitative estimate of drug-likeness (QED) is 0.699. The molecule has 8 heteroatoms. The number of hydrogen-bond donors (Lipinski definition) is 1. The van der Waals surface area contributed by atoms with Crippen LogP contribution in [0.1, 0.15) is 32.1 Å². The van der Waals surface area contributed by atoms with Crippen LogP contribution < -0.4 is 0 Å². The third-order valence-corrected chi connectivity index (χ3v) is 5.30. The molecule has 0 fully saturated rings. The molecule has 28 heavy (non-hydrogen) atoms. The van der Waals surface area contributed by atoms with Crippen molar-refractivity contribution in [3.8, 4) is 5.69 Å². The normalized spacial score (nSPS) is 13.3. The molecule has 0 saturated carbocycles. The number of nitrogens with zero attached hydrogens (tertiary/aromatic N) is 3. The summed E-state index contributed by atoms with van der Waals surface area (Å²) in [5.74, 6) is -1.36. The fourth-order valence-electron chi connectivity index (χ4n) is 3.36. The van der Waals surface area contributed by atoms with Crippen LogP contribution in [0.2, 0.25) is 10.0 Å². The van der Waals surface area contributed by atoms with Crippen LogP contribution in [-0.2, 0) is 13.0 Å². The summed E-state index contributed by atoms with van der Waals surface area (Å²) >= 11 is 12.1. The molecule has 0 unspecified atom stereocenters. The zero-order valence-corrected chi connectivity index (χ0v) is 16.1. The largest absolute Gasteiger partial charge is 0.476 e. The highest BCUT2D eigenvalue weighted by atomic mass is 35.5. The highest BCUT2D eigenvalue weighted by molar-refractivity contribution is 6.33. The number of carbonyl (C=O) groups is 2. The molecule has 142 valence electrons. The third-order valence-electron chi connectivity index (χ3n) is 4.72. The lowest BCUT2D eigenvalue weighted by atomic mass is 10.0. The molecule has 1 N–H and O–H groups in total. The van der Waals surface area contributed by atoms with Gasteiger partial charge in [0.2, 0.25) is 0 Å². The monoisotopic (exact) mass is 415 g/mol. The lowest BCUT2D eigenvalue weighted by Gasteiger charge is -2.28. The summed E-state index contributed by atoms with van der Waals surface area (Å²) in [7, 11) is 0. The van der Waals surface area contributed by atoms with E-state index in [1.54, 1.807) is 58.1 Å². The van der Waals surface area contributed by atoms with Crippen LogP contribution in [0.15, 0.2) is 48.5 Å². The van der Waals surface area contributed by atoms with Crippen molar-refractivity contribution < 1.29 is 14.7 Å². The van der Waals surface area contributed by atoms with Gasteiger partial charge in [-0.25, -0.2) is 9.48 Å². The van der Waals surface area contributed by atoms with Gasteiger partial charge in [0, 0.05) is 23.6 Å². The first-order chi connectivity index (χ1) is 13.5. The third kappa shape index (κ3) is 3.25. The number of aromatic nitrogens is 2. The number of aromatic carboxylic acids is 1. The minimum Gasteiger partial charge on any atom is -0.476 e. The van der Waals surface area contributed by atoms with Gasteiger partial charge in [-0.3, -0.25) is 4.79 Å². The minimum atomic E-state index is -1.13. The number of carbonyl (C=O) groups excluding carboxylic acids is 1. The van der Waals surface area contributed by atoms with Gasteiger partial charge in [-0.05, 0) is 36.4 Å². The second-order valence-electron chi connectivity index (χ2n) is 6.42. The predicted octanol–water partition coefficient (Wildman–Crippen LogP) is 4.08. The standard InChI is InChI=1S/C20H15Cl2N3O3/c21-12-5-7-13(8-6-12)25-17-9-10-24(11-15(17)18(23-25)20(27)28)19(26)14-3-1-2-4-16(14)22/h1-8H,9-11H2,(H,27,28). The Morgan fingerprint density at radius 1 is 1.04 bits per heavy atom. The highest BCUT2D eigenvalue weighted by Crippen LogP contribution is 2.28. The molecule has 1 aliphatic rings. The first kappa shape index (κ1) is 18.5. The van der Waals surface area contributed by atoms with Crippen molar-refractivity contribution in [1.82, 2.24) is 14.7 Å². The Hall–Kier alpha value is -2.83. The molecule has 0 saturated heterocycles. The summed E-state index contributed by atoms with van der Waals surface area (Å²) in [6.07, 6.45) is 0.481. The van der Waals surface area contributed by atoms with E-state index in [0.717, 1.165) is 11.4 Å². The summed E-state index contributed by atoms with van der Waals surface area (Å²) in [5.41, 5.74) is 2.38. The molecule has 0 spiro atoms. The summed E-state index contributed by atoms with van der Waals surface area (Å²) in [6.45, 7) is 0.601. The van der Waals surface area contributed by atoms with E-state index in [2.05, 4.69) is 5.10 Å². The number of amides is 1. The molecule has 6 nitrogen and oxygen atoms in total. The molecule has 1 amide bonds. The molecule has 0 radical (unpaired) electrons. The van der Waals surface area contributed by atoms with Crippen molar-refractivity contribution >= 4 is 35.1 Å². The van der Waals surface area contributed by atoms with Gasteiger partial charge in [-0.1, -0.05) is 35.3 Å². The maximum absolute atomic E-state index is 12.9. The highest BCUT2D eigenvalue weighted by Gasteiger charge is 2.31. The molecule has 0 atom stereocenters. The predicted molar refractivity (Wildman–Crippen MR) is 105 cm³/mol. The van der Waals surface area contributed by atoms with Crippen LogP contribution >= 0.6 is 23.2 Å². The Kier molecular flexibility index (Phi) is 4.83. The number of rotatable bonds is 3. The van der Waals surface area contributed by atoms with Crippen molar-refractivity contribution in [2.45, 2.75) is 13.0 Å². The van der Waals surface area contributed by atoms with Crippen molar-refractivity contribution in [3.63, 3.8) is 0 Å². The molecule has 0 aliphatic carbocycles. The molecule has 2 aromatic carbocycles. The molecule has 4 rings (SSSR count). The Balaban J connectivity index is 1.72. The van der Waals surface area contributed by atoms with Crippen LogP contribution in [0.4, 0.5) is 0 Å². The number of fused-ring (bicyclic) bond motifs is 1. The molecule has 1 aliphatic heterocycles. The van der Waals surface area contributed by atoms with Crippen LogP contribution in [0.25, 0.3) is 5.69 Å². The van der Waals surface area contributed by atoms with E-state index in [1.807, 2.05) is 0 Å². The van der Waals surface area contributed by atoms with Gasteiger partial charge in [-0.2, -0.15) is 5.10 Å². The fourth-order valence-corrected chi connectivity index (χ4v) is 3.71.